The number of hydrogen-bond acceptors (Lipinski definition) is 3. The number of rotatable bonds is 3. The normalized spacial score (nSPS) is 21.3. The first-order valence-electron chi connectivity index (χ1n) is 8.93. The number of carboxylic acid groups (broad SMARTS) is 1. The second kappa shape index (κ2) is 7.68. The van der Waals surface area contributed by atoms with Gasteiger partial charge in [0.1, 0.15) is 6.04 Å². The largest absolute Gasteiger partial charge is 0.480 e. The molecular formula is C19H24N2O4. The van der Waals surface area contributed by atoms with Crippen LogP contribution >= 0.6 is 0 Å². The third-order valence-corrected chi connectivity index (χ3v) is 5.10. The predicted octanol–water partition coefficient (Wildman–Crippen LogP) is 1.82. The van der Waals surface area contributed by atoms with E-state index in [0.29, 0.717) is 19.4 Å². The van der Waals surface area contributed by atoms with E-state index in [0.717, 1.165) is 36.8 Å². The van der Waals surface area contributed by atoms with Crippen molar-refractivity contribution in [2.75, 3.05) is 13.1 Å². The molecule has 0 spiro atoms. The predicted molar refractivity (Wildman–Crippen MR) is 91.8 cm³/mol. The molecule has 3 rings (SSSR count). The van der Waals surface area contributed by atoms with Gasteiger partial charge in [0.2, 0.25) is 11.8 Å². The van der Waals surface area contributed by atoms with Gasteiger partial charge in [-0.3, -0.25) is 9.59 Å². The minimum atomic E-state index is -0.998. The molecule has 2 aliphatic heterocycles. The summed E-state index contributed by atoms with van der Waals surface area (Å²) in [5, 5.41) is 9.55. The number of hydrogen-bond donors (Lipinski definition) is 1. The Morgan fingerprint density at radius 3 is 2.56 bits per heavy atom. The van der Waals surface area contributed by atoms with Crippen LogP contribution in [0.3, 0.4) is 0 Å². The number of carboxylic acids is 1. The first-order chi connectivity index (χ1) is 12.1. The standard InChI is InChI=1S/C19H24N2O4/c22-17-9-3-1-2-6-10-20(17)13-18(23)21-12-15-8-5-4-7-14(15)11-16(21)19(24)25/h4-5,7-8,16H,1-3,6,9-13H2,(H,24,25). The van der Waals surface area contributed by atoms with Crippen LogP contribution in [0.25, 0.3) is 0 Å². The Morgan fingerprint density at radius 1 is 1.08 bits per heavy atom. The summed E-state index contributed by atoms with van der Waals surface area (Å²) in [4.78, 5) is 39.7. The summed E-state index contributed by atoms with van der Waals surface area (Å²) >= 11 is 0. The van der Waals surface area contributed by atoms with Crippen molar-refractivity contribution in [2.24, 2.45) is 0 Å². The fourth-order valence-corrected chi connectivity index (χ4v) is 3.64. The van der Waals surface area contributed by atoms with E-state index in [-0.39, 0.29) is 24.9 Å². The molecule has 0 radical (unpaired) electrons. The zero-order valence-electron chi connectivity index (χ0n) is 14.3. The van der Waals surface area contributed by atoms with Gasteiger partial charge < -0.3 is 14.9 Å². The van der Waals surface area contributed by atoms with E-state index in [1.807, 2.05) is 24.3 Å². The fourth-order valence-electron chi connectivity index (χ4n) is 3.64. The smallest absolute Gasteiger partial charge is 0.326 e. The van der Waals surface area contributed by atoms with Gasteiger partial charge in [0.15, 0.2) is 0 Å². The van der Waals surface area contributed by atoms with Gasteiger partial charge >= 0.3 is 5.97 Å². The Hall–Kier alpha value is -2.37. The fraction of sp³-hybridized carbons (Fsp3) is 0.526. The maximum atomic E-state index is 12.8. The topological polar surface area (TPSA) is 77.9 Å². The van der Waals surface area contributed by atoms with Crippen LogP contribution in [0.5, 0.6) is 0 Å². The lowest BCUT2D eigenvalue weighted by atomic mass is 9.94. The van der Waals surface area contributed by atoms with Gasteiger partial charge in [-0.1, -0.05) is 37.1 Å². The lowest BCUT2D eigenvalue weighted by Crippen LogP contribution is -2.52. The van der Waals surface area contributed by atoms with E-state index in [1.54, 1.807) is 4.90 Å². The van der Waals surface area contributed by atoms with E-state index in [9.17, 15) is 19.5 Å². The van der Waals surface area contributed by atoms with Gasteiger partial charge in [0.05, 0.1) is 6.54 Å². The molecule has 6 heteroatoms. The van der Waals surface area contributed by atoms with Crippen LogP contribution in [0.1, 0.15) is 43.2 Å². The third-order valence-electron chi connectivity index (χ3n) is 5.10. The van der Waals surface area contributed by atoms with Gasteiger partial charge in [-0.05, 0) is 24.0 Å². The molecule has 1 unspecified atom stereocenters. The van der Waals surface area contributed by atoms with Crippen LogP contribution in [0.2, 0.25) is 0 Å². The zero-order chi connectivity index (χ0) is 17.8. The molecule has 1 aromatic rings. The van der Waals surface area contributed by atoms with Gasteiger partial charge in [0, 0.05) is 25.9 Å². The monoisotopic (exact) mass is 344 g/mol. The van der Waals surface area contributed by atoms with Crippen LogP contribution in [0, 0.1) is 0 Å². The van der Waals surface area contributed by atoms with Crippen molar-refractivity contribution >= 4 is 17.8 Å². The molecule has 1 fully saturated rings. The van der Waals surface area contributed by atoms with Crippen LogP contribution in [-0.2, 0) is 27.3 Å². The molecule has 134 valence electrons. The number of carbonyl (C=O) groups is 3. The van der Waals surface area contributed by atoms with Crippen LogP contribution < -0.4 is 0 Å². The molecule has 2 aliphatic rings. The van der Waals surface area contributed by atoms with Crippen molar-refractivity contribution in [2.45, 2.75) is 51.1 Å². The lowest BCUT2D eigenvalue weighted by Gasteiger charge is -2.36. The van der Waals surface area contributed by atoms with Crippen molar-refractivity contribution in [3.63, 3.8) is 0 Å². The molecule has 0 aliphatic carbocycles. The molecule has 1 atom stereocenters. The Kier molecular flexibility index (Phi) is 5.36. The number of benzene rings is 1. The Labute approximate surface area is 147 Å². The second-order valence-corrected chi connectivity index (χ2v) is 6.83. The summed E-state index contributed by atoms with van der Waals surface area (Å²) in [6.07, 6.45) is 4.65. The van der Waals surface area contributed by atoms with E-state index in [4.69, 9.17) is 0 Å². The third kappa shape index (κ3) is 4.00. The number of amides is 2. The summed E-state index contributed by atoms with van der Waals surface area (Å²) in [6, 6.07) is 6.75. The summed E-state index contributed by atoms with van der Waals surface area (Å²) < 4.78 is 0. The molecule has 6 nitrogen and oxygen atoms in total. The molecule has 1 aromatic carbocycles. The highest BCUT2D eigenvalue weighted by Crippen LogP contribution is 2.24. The summed E-state index contributed by atoms with van der Waals surface area (Å²) in [7, 11) is 0. The first kappa shape index (κ1) is 17.5. The lowest BCUT2D eigenvalue weighted by molar-refractivity contribution is -0.153. The van der Waals surface area contributed by atoms with Crippen molar-refractivity contribution in [1.82, 2.24) is 9.80 Å². The molecule has 0 bridgehead atoms. The SMILES string of the molecule is O=C(O)C1Cc2ccccc2CN1C(=O)CN1CCCCCCC1=O. The second-order valence-electron chi connectivity index (χ2n) is 6.83. The number of likely N-dealkylation sites (tertiary alicyclic amines) is 1. The van der Waals surface area contributed by atoms with Gasteiger partial charge in [-0.2, -0.15) is 0 Å². The molecule has 0 saturated carbocycles. The highest BCUT2D eigenvalue weighted by atomic mass is 16.4. The molecule has 0 aromatic heterocycles. The summed E-state index contributed by atoms with van der Waals surface area (Å²) in [6.45, 7) is 0.839. The first-order valence-corrected chi connectivity index (χ1v) is 8.93. The summed E-state index contributed by atoms with van der Waals surface area (Å²) in [5.41, 5.74) is 1.95. The molecule has 1 saturated heterocycles. The average molecular weight is 344 g/mol. The number of aliphatic carboxylic acids is 1. The van der Waals surface area contributed by atoms with Crippen LogP contribution in [0.15, 0.2) is 24.3 Å². The van der Waals surface area contributed by atoms with Crippen molar-refractivity contribution < 1.29 is 19.5 Å². The van der Waals surface area contributed by atoms with Crippen LogP contribution in [0.4, 0.5) is 0 Å². The highest BCUT2D eigenvalue weighted by molar-refractivity contribution is 5.88. The minimum Gasteiger partial charge on any atom is -0.480 e. The summed E-state index contributed by atoms with van der Waals surface area (Å²) in [5.74, 6) is -1.28. The van der Waals surface area contributed by atoms with Crippen molar-refractivity contribution in [3.8, 4) is 0 Å². The molecule has 2 heterocycles. The Bertz CT molecular complexity index is 673. The Balaban J connectivity index is 1.75. The van der Waals surface area contributed by atoms with E-state index in [2.05, 4.69) is 0 Å². The maximum absolute atomic E-state index is 12.8. The van der Waals surface area contributed by atoms with Crippen molar-refractivity contribution in [1.29, 1.82) is 0 Å². The quantitative estimate of drug-likeness (QED) is 0.907. The van der Waals surface area contributed by atoms with Gasteiger partial charge in [-0.15, -0.1) is 0 Å². The molecule has 2 amide bonds. The molecule has 1 N–H and O–H groups in total. The highest BCUT2D eigenvalue weighted by Gasteiger charge is 2.35. The molecular weight excluding hydrogens is 320 g/mol. The average Bonchev–Trinajstić information content (AvgIpc) is 2.60. The van der Waals surface area contributed by atoms with E-state index >= 15 is 0 Å². The molecule has 25 heavy (non-hydrogen) atoms. The zero-order valence-corrected chi connectivity index (χ0v) is 14.3. The number of carbonyl (C=O) groups excluding carboxylic acids is 2. The maximum Gasteiger partial charge on any atom is 0.326 e. The van der Waals surface area contributed by atoms with E-state index in [1.165, 1.54) is 4.90 Å². The Morgan fingerprint density at radius 2 is 1.80 bits per heavy atom. The van der Waals surface area contributed by atoms with Gasteiger partial charge in [0.25, 0.3) is 0 Å². The van der Waals surface area contributed by atoms with Crippen LogP contribution in [-0.4, -0.2) is 51.8 Å². The number of nitrogens with zero attached hydrogens (tertiary/aromatic N) is 2. The van der Waals surface area contributed by atoms with E-state index < -0.39 is 12.0 Å². The number of fused-ring (bicyclic) bond motifs is 1. The van der Waals surface area contributed by atoms with Gasteiger partial charge in [-0.25, -0.2) is 4.79 Å². The minimum absolute atomic E-state index is 0.00247. The van der Waals surface area contributed by atoms with Crippen molar-refractivity contribution in [3.05, 3.63) is 35.4 Å².